The monoisotopic (exact) mass is 162 g/mol. The highest BCUT2D eigenvalue weighted by atomic mass is 16.2. The molecule has 1 aromatic rings. The van der Waals surface area contributed by atoms with E-state index in [1.807, 2.05) is 0 Å². The minimum atomic E-state index is 0.0787. The van der Waals surface area contributed by atoms with Crippen molar-refractivity contribution in [2.75, 3.05) is 12.3 Å². The van der Waals surface area contributed by atoms with Crippen molar-refractivity contribution in [1.29, 1.82) is 0 Å². The van der Waals surface area contributed by atoms with E-state index in [4.69, 9.17) is 10.8 Å². The summed E-state index contributed by atoms with van der Waals surface area (Å²) in [5, 5.41) is 8.45. The molecule has 3 N–H and O–H groups in total. The third-order valence-electron chi connectivity index (χ3n) is 1.22. The highest BCUT2D eigenvalue weighted by Crippen LogP contribution is 1.97. The van der Waals surface area contributed by atoms with Crippen LogP contribution in [0.25, 0.3) is 0 Å². The zero-order chi connectivity index (χ0) is 8.81. The molecule has 0 fully saturated rings. The van der Waals surface area contributed by atoms with Crippen LogP contribution in [0, 0.1) is 11.8 Å². The Bertz CT molecular complexity index is 312. The van der Waals surface area contributed by atoms with Gasteiger partial charge in [0.15, 0.2) is 0 Å². The van der Waals surface area contributed by atoms with Gasteiger partial charge < -0.3 is 10.8 Å². The average Bonchev–Trinajstić information content (AvgIpc) is 2.05. The maximum absolute atomic E-state index is 8.45. The Kier molecular flexibility index (Phi) is 3.12. The Morgan fingerprint density at radius 2 is 2.33 bits per heavy atom. The van der Waals surface area contributed by atoms with Crippen LogP contribution in [0.3, 0.4) is 0 Å². The van der Waals surface area contributed by atoms with E-state index in [2.05, 4.69) is 16.8 Å². The Hall–Kier alpha value is -1.53. The van der Waals surface area contributed by atoms with Gasteiger partial charge in [-0.3, -0.25) is 0 Å². The molecule has 0 aliphatic carbocycles. The molecule has 0 saturated heterocycles. The van der Waals surface area contributed by atoms with Gasteiger partial charge in [0, 0.05) is 6.42 Å². The fourth-order valence-electron chi connectivity index (χ4n) is 0.730. The first kappa shape index (κ1) is 8.57. The summed E-state index contributed by atoms with van der Waals surface area (Å²) < 4.78 is 0. The lowest BCUT2D eigenvalue weighted by Gasteiger charge is -1.90. The van der Waals surface area contributed by atoms with E-state index in [1.54, 1.807) is 18.2 Å². The number of aromatic nitrogens is 1. The summed E-state index contributed by atoms with van der Waals surface area (Å²) >= 11 is 0. The number of aliphatic hydroxyl groups is 1. The zero-order valence-corrected chi connectivity index (χ0v) is 6.62. The Morgan fingerprint density at radius 3 is 3.00 bits per heavy atom. The predicted octanol–water partition coefficient (Wildman–Crippen LogP) is 0.398. The first-order chi connectivity index (χ1) is 5.83. The third kappa shape index (κ3) is 2.60. The number of nitrogens with zero attached hydrogens (tertiary/aromatic N) is 1. The second-order valence-electron chi connectivity index (χ2n) is 2.22. The van der Waals surface area contributed by atoms with Crippen LogP contribution in [-0.2, 0) is 0 Å². The van der Waals surface area contributed by atoms with E-state index in [-0.39, 0.29) is 6.61 Å². The summed E-state index contributed by atoms with van der Waals surface area (Å²) in [5.41, 5.74) is 6.08. The maximum atomic E-state index is 8.45. The van der Waals surface area contributed by atoms with Crippen LogP contribution in [0.4, 0.5) is 5.82 Å². The summed E-state index contributed by atoms with van der Waals surface area (Å²) in [6.07, 6.45) is 0.469. The molecule has 0 bridgehead atoms. The molecule has 0 unspecified atom stereocenters. The fraction of sp³-hybridized carbons (Fsp3) is 0.222. The van der Waals surface area contributed by atoms with Crippen molar-refractivity contribution >= 4 is 5.82 Å². The van der Waals surface area contributed by atoms with Crippen LogP contribution < -0.4 is 5.73 Å². The Labute approximate surface area is 71.2 Å². The quantitative estimate of drug-likeness (QED) is 0.587. The van der Waals surface area contributed by atoms with Crippen LogP contribution >= 0.6 is 0 Å². The third-order valence-corrected chi connectivity index (χ3v) is 1.22. The van der Waals surface area contributed by atoms with Gasteiger partial charge in [-0.2, -0.15) is 0 Å². The van der Waals surface area contributed by atoms with Gasteiger partial charge in [0.25, 0.3) is 0 Å². The molecule has 0 spiro atoms. The number of rotatable bonds is 1. The number of nitrogen functional groups attached to an aromatic ring is 1. The van der Waals surface area contributed by atoms with Gasteiger partial charge >= 0.3 is 0 Å². The van der Waals surface area contributed by atoms with Crippen LogP contribution in [0.1, 0.15) is 12.1 Å². The van der Waals surface area contributed by atoms with Gasteiger partial charge in [0.1, 0.15) is 11.5 Å². The first-order valence-corrected chi connectivity index (χ1v) is 3.65. The second-order valence-corrected chi connectivity index (χ2v) is 2.22. The summed E-state index contributed by atoms with van der Waals surface area (Å²) in [5.74, 6) is 6.01. The lowest BCUT2D eigenvalue weighted by atomic mass is 10.3. The van der Waals surface area contributed by atoms with Gasteiger partial charge in [0.2, 0.25) is 0 Å². The van der Waals surface area contributed by atoms with Gasteiger partial charge in [-0.15, -0.1) is 0 Å². The molecule has 0 amide bonds. The van der Waals surface area contributed by atoms with Crippen LogP contribution in [0.2, 0.25) is 0 Å². The van der Waals surface area contributed by atoms with Crippen molar-refractivity contribution in [1.82, 2.24) is 4.98 Å². The largest absolute Gasteiger partial charge is 0.395 e. The minimum Gasteiger partial charge on any atom is -0.395 e. The number of pyridine rings is 1. The molecule has 3 heteroatoms. The van der Waals surface area contributed by atoms with Crippen molar-refractivity contribution in [3.05, 3.63) is 23.9 Å². The molecule has 0 atom stereocenters. The van der Waals surface area contributed by atoms with Crippen molar-refractivity contribution in [3.8, 4) is 11.8 Å². The van der Waals surface area contributed by atoms with E-state index >= 15 is 0 Å². The molecule has 1 heterocycles. The highest BCUT2D eigenvalue weighted by molar-refractivity contribution is 5.36. The molecule has 62 valence electrons. The molecule has 0 aliphatic rings. The van der Waals surface area contributed by atoms with E-state index in [1.165, 1.54) is 0 Å². The molecular formula is C9H10N2O. The van der Waals surface area contributed by atoms with Crippen molar-refractivity contribution in [2.24, 2.45) is 0 Å². The van der Waals surface area contributed by atoms with E-state index < -0.39 is 0 Å². The standard InChI is InChI=1S/C9H10N2O/c10-9-6-3-5-8(11-9)4-1-2-7-12/h3,5-6,12H,2,7H2,(H2,10,11). The molecule has 1 aromatic heterocycles. The van der Waals surface area contributed by atoms with Gasteiger partial charge in [0.05, 0.1) is 6.61 Å². The van der Waals surface area contributed by atoms with Crippen LogP contribution in [0.15, 0.2) is 18.2 Å². The molecule has 0 aromatic carbocycles. The highest BCUT2D eigenvalue weighted by Gasteiger charge is 1.87. The summed E-state index contributed by atoms with van der Waals surface area (Å²) in [7, 11) is 0. The summed E-state index contributed by atoms with van der Waals surface area (Å²) in [6, 6.07) is 5.28. The van der Waals surface area contributed by atoms with Crippen molar-refractivity contribution in [2.45, 2.75) is 6.42 Å². The van der Waals surface area contributed by atoms with Crippen LogP contribution in [0.5, 0.6) is 0 Å². The average molecular weight is 162 g/mol. The second kappa shape index (κ2) is 4.37. The van der Waals surface area contributed by atoms with E-state index in [9.17, 15) is 0 Å². The normalized spacial score (nSPS) is 8.75. The maximum Gasteiger partial charge on any atom is 0.124 e. The first-order valence-electron chi connectivity index (χ1n) is 3.65. The number of aliphatic hydroxyl groups excluding tert-OH is 1. The molecule has 0 radical (unpaired) electrons. The van der Waals surface area contributed by atoms with Gasteiger partial charge in [-0.05, 0) is 18.1 Å². The molecule has 3 nitrogen and oxygen atoms in total. The SMILES string of the molecule is Nc1cccc(C#CCCO)n1. The van der Waals surface area contributed by atoms with E-state index in [0.717, 1.165) is 0 Å². The number of nitrogens with two attached hydrogens (primary N) is 1. The predicted molar refractivity (Wildman–Crippen MR) is 47.2 cm³/mol. The number of anilines is 1. The van der Waals surface area contributed by atoms with Crippen molar-refractivity contribution in [3.63, 3.8) is 0 Å². The zero-order valence-electron chi connectivity index (χ0n) is 6.62. The summed E-state index contributed by atoms with van der Waals surface area (Å²) in [6.45, 7) is 0.0787. The molecular weight excluding hydrogens is 152 g/mol. The smallest absolute Gasteiger partial charge is 0.124 e. The minimum absolute atomic E-state index is 0.0787. The van der Waals surface area contributed by atoms with Gasteiger partial charge in [-0.25, -0.2) is 4.98 Å². The fourth-order valence-corrected chi connectivity index (χ4v) is 0.730. The van der Waals surface area contributed by atoms with Crippen molar-refractivity contribution < 1.29 is 5.11 Å². The molecule has 1 rings (SSSR count). The Morgan fingerprint density at radius 1 is 1.50 bits per heavy atom. The lowest BCUT2D eigenvalue weighted by molar-refractivity contribution is 0.305. The molecule has 12 heavy (non-hydrogen) atoms. The topological polar surface area (TPSA) is 59.1 Å². The Balaban J connectivity index is 2.71. The van der Waals surface area contributed by atoms with Crippen LogP contribution in [-0.4, -0.2) is 16.7 Å². The number of hydrogen-bond acceptors (Lipinski definition) is 3. The molecule has 0 aliphatic heterocycles. The van der Waals surface area contributed by atoms with Gasteiger partial charge in [-0.1, -0.05) is 12.0 Å². The lowest BCUT2D eigenvalue weighted by Crippen LogP contribution is -1.91. The summed E-state index contributed by atoms with van der Waals surface area (Å²) in [4.78, 5) is 3.97. The van der Waals surface area contributed by atoms with E-state index in [0.29, 0.717) is 17.9 Å². The molecule has 0 saturated carbocycles. The number of hydrogen-bond donors (Lipinski definition) is 2.